The third-order valence-corrected chi connectivity index (χ3v) is 17.7. The van der Waals surface area contributed by atoms with Crippen LogP contribution in [-0.4, -0.2) is 216 Å². The van der Waals surface area contributed by atoms with Crippen molar-refractivity contribution in [2.24, 2.45) is 23.7 Å². The Kier molecular flexibility index (Phi) is 29.6. The molecule has 27 heteroatoms. The van der Waals surface area contributed by atoms with E-state index < -0.39 is 162 Å². The van der Waals surface area contributed by atoms with Crippen molar-refractivity contribution in [2.75, 3.05) is 69.0 Å². The Balaban J connectivity index is 2.25. The summed E-state index contributed by atoms with van der Waals surface area (Å²) in [5, 5.41) is 11.3. The summed E-state index contributed by atoms with van der Waals surface area (Å²) < 4.78 is 55.7. The van der Waals surface area contributed by atoms with E-state index in [-0.39, 0.29) is 62.3 Å². The van der Waals surface area contributed by atoms with Gasteiger partial charge in [-0.2, -0.15) is 13.2 Å². The summed E-state index contributed by atoms with van der Waals surface area (Å²) in [5.41, 5.74) is -2.72. The van der Waals surface area contributed by atoms with Gasteiger partial charge in [0, 0.05) is 73.2 Å². The molecule has 9 atom stereocenters. The number of hydrogen-bond acceptors (Lipinski definition) is 11. The molecule has 3 rings (SSSR count). The smallest absolute Gasteiger partial charge is 0.343 e. The lowest BCUT2D eigenvalue weighted by atomic mass is 9.93. The van der Waals surface area contributed by atoms with Gasteiger partial charge in [-0.25, -0.2) is 4.39 Å². The molecular formula is C65H98ClF4N11O11. The molecule has 0 radical (unpaired) electrons. The first kappa shape index (κ1) is 78.9. The van der Waals surface area contributed by atoms with Gasteiger partial charge < -0.3 is 55.6 Å². The summed E-state index contributed by atoms with van der Waals surface area (Å²) in [6, 6.07) is -0.0266. The van der Waals surface area contributed by atoms with E-state index in [9.17, 15) is 70.3 Å². The molecule has 2 aromatic rings. The molecule has 4 N–H and O–H groups in total. The number of nitrogens with one attached hydrogen (secondary N) is 4. The SMILES string of the molecule is CC[C@H](C)[C@@H]1NC(=O)[C@H](CC(C)C)N(C)C(=O)C[C@@H](C)N(C)C(=O)[C@H](CC(C)C)NC(=O)C(C)(C)N(C)C(=O)[C@H]([C@@H](C)CC)NC(=O)[C@H](CCc2ccc(C(F)(F)F)c(F)c2)NC(=O)CN(C)C(=O)[C@H](Cc2ccc(Cl)cc2)N(C)C(=O)CN(C)C(=O)CN(C)C1=O. The number of hydrogen-bond donors (Lipinski definition) is 4. The van der Waals surface area contributed by atoms with Gasteiger partial charge in [-0.3, -0.25) is 52.7 Å². The van der Waals surface area contributed by atoms with Crippen molar-refractivity contribution in [1.29, 1.82) is 0 Å². The van der Waals surface area contributed by atoms with Gasteiger partial charge in [0.2, 0.25) is 65.0 Å². The van der Waals surface area contributed by atoms with Crippen LogP contribution in [0, 0.1) is 29.5 Å². The number of alkyl halides is 3. The Bertz CT molecular complexity index is 2950. The minimum Gasteiger partial charge on any atom is -0.343 e. The van der Waals surface area contributed by atoms with Gasteiger partial charge in [0.05, 0.1) is 25.2 Å². The molecule has 1 aliphatic rings. The van der Waals surface area contributed by atoms with Gasteiger partial charge in [-0.1, -0.05) is 98.0 Å². The highest BCUT2D eigenvalue weighted by Crippen LogP contribution is 2.32. The zero-order chi connectivity index (χ0) is 70.2. The molecule has 0 aromatic heterocycles. The normalized spacial score (nSPS) is 23.8. The third-order valence-electron chi connectivity index (χ3n) is 17.4. The number of halogens is 5. The Hall–Kier alpha value is -7.38. The average Bonchev–Trinajstić information content (AvgIpc) is 0.891. The molecule has 1 heterocycles. The average molecular weight is 1320 g/mol. The second-order valence-electron chi connectivity index (χ2n) is 26.0. The van der Waals surface area contributed by atoms with Gasteiger partial charge in [0.1, 0.15) is 47.6 Å². The third kappa shape index (κ3) is 21.9. The largest absolute Gasteiger partial charge is 0.419 e. The molecule has 0 aliphatic carbocycles. The maximum atomic E-state index is 14.9. The maximum absolute atomic E-state index is 14.9. The molecular weight excluding hydrogens is 1220 g/mol. The number of carbonyl (C=O) groups excluding carboxylic acids is 11. The first-order chi connectivity index (χ1) is 42.6. The van der Waals surface area contributed by atoms with Gasteiger partial charge >= 0.3 is 6.18 Å². The summed E-state index contributed by atoms with van der Waals surface area (Å²) in [4.78, 5) is 167. The highest BCUT2D eigenvalue weighted by molar-refractivity contribution is 6.30. The summed E-state index contributed by atoms with van der Waals surface area (Å²) in [6.07, 6.45) is -5.10. The van der Waals surface area contributed by atoms with Crippen molar-refractivity contribution in [3.05, 3.63) is 70.0 Å². The summed E-state index contributed by atoms with van der Waals surface area (Å²) in [7, 11) is 9.52. The quantitative estimate of drug-likeness (QED) is 0.187. The Morgan fingerprint density at radius 1 is 0.576 bits per heavy atom. The van der Waals surface area contributed by atoms with E-state index in [1.165, 1.54) is 73.0 Å². The zero-order valence-corrected chi connectivity index (χ0v) is 57.4. The molecule has 1 aliphatic heterocycles. The monoisotopic (exact) mass is 1320 g/mol. The van der Waals surface area contributed by atoms with E-state index in [2.05, 4.69) is 21.3 Å². The van der Waals surface area contributed by atoms with Crippen molar-refractivity contribution >= 4 is 76.6 Å². The van der Waals surface area contributed by atoms with Crippen molar-refractivity contribution < 1.29 is 70.3 Å². The van der Waals surface area contributed by atoms with Crippen LogP contribution in [-0.2, 0) is 71.8 Å². The van der Waals surface area contributed by atoms with Gasteiger partial charge in [0.25, 0.3) is 0 Å². The standard InChI is InChI=1S/C65H98ClF4N11O11/c1-19-39(7)55-61(90)77(14)35-53(84)75(12)36-54(85)80(17)50(33-43-21-25-44(66)26-22-43)60(89)76(13)34-51(82)71-47(28-24-42-23-27-45(46(67)32-42)65(68,69)70)57(86)73-56(40(8)20-2)62(91)81(18)64(10,11)63(92)72-48(29-37(3)4)59(88)78(15)41(9)31-52(83)79(16)49(30-38(5)6)58(87)74-55/h21-23,25-27,32,37-41,47-50,55-56H,19-20,24,28-31,33-36H2,1-18H3,(H,71,82)(H,72,92)(H,73,86)(H,74,87)/t39-,40-,41+,47-,48-,49-,50-,55-,56-/m0/s1. The van der Waals surface area contributed by atoms with Gasteiger partial charge in [-0.15, -0.1) is 0 Å². The predicted molar refractivity (Wildman–Crippen MR) is 340 cm³/mol. The van der Waals surface area contributed by atoms with E-state index >= 15 is 0 Å². The molecule has 11 amide bonds. The van der Waals surface area contributed by atoms with Crippen LogP contribution in [0.3, 0.4) is 0 Å². The molecule has 514 valence electrons. The second-order valence-corrected chi connectivity index (χ2v) is 26.4. The van der Waals surface area contributed by atoms with Crippen molar-refractivity contribution in [1.82, 2.24) is 55.6 Å². The maximum Gasteiger partial charge on any atom is 0.419 e. The van der Waals surface area contributed by atoms with Crippen LogP contribution in [0.1, 0.15) is 131 Å². The number of carbonyl (C=O) groups is 11. The summed E-state index contributed by atoms with van der Waals surface area (Å²) in [5.74, 6) is -11.0. The fourth-order valence-corrected chi connectivity index (χ4v) is 10.5. The van der Waals surface area contributed by atoms with Crippen LogP contribution in [0.4, 0.5) is 17.6 Å². The Morgan fingerprint density at radius 2 is 1.09 bits per heavy atom. The highest BCUT2D eigenvalue weighted by Gasteiger charge is 2.44. The molecule has 92 heavy (non-hydrogen) atoms. The number of benzene rings is 2. The van der Waals surface area contributed by atoms with E-state index in [4.69, 9.17) is 11.6 Å². The molecule has 2 aromatic carbocycles. The number of aryl methyl sites for hydroxylation is 1. The van der Waals surface area contributed by atoms with Gasteiger partial charge in [-0.05, 0) is 106 Å². The van der Waals surface area contributed by atoms with Gasteiger partial charge in [0.15, 0.2) is 0 Å². The van der Waals surface area contributed by atoms with E-state index in [0.29, 0.717) is 29.1 Å². The van der Waals surface area contributed by atoms with Crippen LogP contribution in [0.5, 0.6) is 0 Å². The first-order valence-electron chi connectivity index (χ1n) is 31.2. The number of rotatable bonds is 13. The van der Waals surface area contributed by atoms with Crippen LogP contribution < -0.4 is 21.3 Å². The fourth-order valence-electron chi connectivity index (χ4n) is 10.4. The molecule has 0 saturated carbocycles. The predicted octanol–water partition coefficient (Wildman–Crippen LogP) is 5.31. The van der Waals surface area contributed by atoms with Crippen molar-refractivity contribution in [2.45, 2.75) is 182 Å². The zero-order valence-electron chi connectivity index (χ0n) is 56.7. The van der Waals surface area contributed by atoms with Crippen LogP contribution >= 0.6 is 11.6 Å². The van der Waals surface area contributed by atoms with Crippen LogP contribution in [0.15, 0.2) is 42.5 Å². The van der Waals surface area contributed by atoms with E-state index in [1.54, 1.807) is 52.0 Å². The lowest BCUT2D eigenvalue weighted by molar-refractivity contribution is -0.149. The lowest BCUT2D eigenvalue weighted by Crippen LogP contribution is -2.64. The number of likely N-dealkylation sites (N-methyl/N-ethyl adjacent to an activating group) is 7. The first-order valence-corrected chi connectivity index (χ1v) is 31.6. The molecule has 1 fully saturated rings. The highest BCUT2D eigenvalue weighted by atomic mass is 35.5. The topological polar surface area (TPSA) is 259 Å². The lowest BCUT2D eigenvalue weighted by Gasteiger charge is -2.39. The minimum absolute atomic E-state index is 0.0130. The number of amides is 11. The molecule has 0 unspecified atom stereocenters. The number of nitrogens with zero attached hydrogens (tertiary/aromatic N) is 7. The Morgan fingerprint density at radius 3 is 1.62 bits per heavy atom. The van der Waals surface area contributed by atoms with Crippen LogP contribution in [0.2, 0.25) is 5.02 Å². The minimum atomic E-state index is -5.02. The molecule has 22 nitrogen and oxygen atoms in total. The molecule has 1 saturated heterocycles. The van der Waals surface area contributed by atoms with E-state index in [0.717, 1.165) is 30.6 Å². The van der Waals surface area contributed by atoms with Crippen LogP contribution in [0.25, 0.3) is 0 Å². The summed E-state index contributed by atoms with van der Waals surface area (Å²) in [6.45, 7) is 16.9. The van der Waals surface area contributed by atoms with Crippen molar-refractivity contribution in [3.8, 4) is 0 Å². The second kappa shape index (κ2) is 34.5. The fraction of sp³-hybridized carbons (Fsp3) is 0.646. The van der Waals surface area contributed by atoms with Crippen molar-refractivity contribution in [3.63, 3.8) is 0 Å². The molecule has 0 spiro atoms. The van der Waals surface area contributed by atoms with E-state index in [1.807, 2.05) is 34.6 Å². The Labute approximate surface area is 544 Å². The summed E-state index contributed by atoms with van der Waals surface area (Å²) >= 11 is 6.19. The molecule has 0 bridgehead atoms.